The average molecular weight is 436 g/mol. The summed E-state index contributed by atoms with van der Waals surface area (Å²) >= 11 is 0. The molecule has 7 nitrogen and oxygen atoms in total. The Morgan fingerprint density at radius 2 is 1.84 bits per heavy atom. The molecular formula is C24H26FN5O2. The van der Waals surface area contributed by atoms with Gasteiger partial charge < -0.3 is 19.7 Å². The molecule has 166 valence electrons. The number of benzene rings is 2. The molecule has 1 atom stereocenters. The van der Waals surface area contributed by atoms with Crippen LogP contribution in [0.15, 0.2) is 54.9 Å². The molecule has 1 aromatic heterocycles. The highest BCUT2D eigenvalue weighted by Crippen LogP contribution is 2.33. The zero-order valence-electron chi connectivity index (χ0n) is 18.0. The number of anilines is 2. The molecule has 8 heteroatoms. The van der Waals surface area contributed by atoms with E-state index < -0.39 is 0 Å². The number of nitrogens with one attached hydrogen (secondary N) is 1. The number of hydrogen-bond acceptors (Lipinski definition) is 7. The number of nitrogens with zero attached hydrogens (tertiary/aromatic N) is 4. The van der Waals surface area contributed by atoms with Gasteiger partial charge in [-0.1, -0.05) is 12.1 Å². The first-order valence-electron chi connectivity index (χ1n) is 10.9. The fourth-order valence-corrected chi connectivity index (χ4v) is 4.15. The van der Waals surface area contributed by atoms with Gasteiger partial charge in [0, 0.05) is 50.9 Å². The van der Waals surface area contributed by atoms with E-state index in [1.165, 1.54) is 18.5 Å². The van der Waals surface area contributed by atoms with Crippen LogP contribution < -0.4 is 19.7 Å². The highest BCUT2D eigenvalue weighted by atomic mass is 19.1. The molecule has 3 aromatic rings. The highest BCUT2D eigenvalue weighted by Gasteiger charge is 2.23. The van der Waals surface area contributed by atoms with Crippen LogP contribution in [0.3, 0.4) is 0 Å². The second kappa shape index (κ2) is 9.00. The van der Waals surface area contributed by atoms with Crippen molar-refractivity contribution in [2.75, 3.05) is 49.5 Å². The summed E-state index contributed by atoms with van der Waals surface area (Å²) in [4.78, 5) is 13.4. The number of hydrogen-bond donors (Lipinski definition) is 1. The molecule has 0 spiro atoms. The first-order valence-corrected chi connectivity index (χ1v) is 10.9. The Hall–Kier alpha value is -3.39. The zero-order valence-corrected chi connectivity index (χ0v) is 18.0. The summed E-state index contributed by atoms with van der Waals surface area (Å²) in [7, 11) is 0. The molecule has 0 radical (unpaired) electrons. The highest BCUT2D eigenvalue weighted by molar-refractivity contribution is 5.61. The number of ether oxygens (including phenoxy) is 2. The Morgan fingerprint density at radius 3 is 2.66 bits per heavy atom. The van der Waals surface area contributed by atoms with Gasteiger partial charge in [-0.15, -0.1) is 0 Å². The molecule has 3 heterocycles. The predicted octanol–water partition coefficient (Wildman–Crippen LogP) is 4.10. The van der Waals surface area contributed by atoms with Crippen molar-refractivity contribution in [1.29, 1.82) is 0 Å². The SMILES string of the molecule is C[C@@H](c1ccc(F)cc1)N1CCN(c2cc(Oc3ccc4c(c3)NCCO4)ncn2)CC1. The van der Waals surface area contributed by atoms with E-state index in [4.69, 9.17) is 9.47 Å². The van der Waals surface area contributed by atoms with Gasteiger partial charge in [0.2, 0.25) is 5.88 Å². The molecule has 0 unspecified atom stereocenters. The van der Waals surface area contributed by atoms with Gasteiger partial charge in [-0.3, -0.25) is 4.90 Å². The summed E-state index contributed by atoms with van der Waals surface area (Å²) in [6, 6.07) is 14.6. The van der Waals surface area contributed by atoms with Crippen LogP contribution >= 0.6 is 0 Å². The molecule has 2 aliphatic heterocycles. The first-order chi connectivity index (χ1) is 15.7. The lowest BCUT2D eigenvalue weighted by atomic mass is 10.1. The third-order valence-corrected chi connectivity index (χ3v) is 6.01. The molecular weight excluding hydrogens is 409 g/mol. The van der Waals surface area contributed by atoms with E-state index >= 15 is 0 Å². The van der Waals surface area contributed by atoms with Crippen molar-refractivity contribution >= 4 is 11.5 Å². The number of rotatable bonds is 5. The monoisotopic (exact) mass is 435 g/mol. The van der Waals surface area contributed by atoms with Crippen LogP contribution in [0, 0.1) is 5.82 Å². The number of piperazine rings is 1. The Morgan fingerprint density at radius 1 is 1.03 bits per heavy atom. The summed E-state index contributed by atoms with van der Waals surface area (Å²) in [6.07, 6.45) is 1.54. The van der Waals surface area contributed by atoms with Crippen molar-refractivity contribution in [3.8, 4) is 17.4 Å². The van der Waals surface area contributed by atoms with E-state index in [1.807, 2.05) is 36.4 Å². The number of halogens is 1. The summed E-state index contributed by atoms with van der Waals surface area (Å²) in [6.45, 7) is 7.10. The summed E-state index contributed by atoms with van der Waals surface area (Å²) in [5, 5.41) is 3.31. The van der Waals surface area contributed by atoms with Gasteiger partial charge in [-0.05, 0) is 36.8 Å². The third-order valence-electron chi connectivity index (χ3n) is 6.01. The van der Waals surface area contributed by atoms with Gasteiger partial charge >= 0.3 is 0 Å². The molecule has 0 saturated carbocycles. The second-order valence-corrected chi connectivity index (χ2v) is 8.00. The molecule has 0 aliphatic carbocycles. The minimum atomic E-state index is -0.201. The normalized spacial score (nSPS) is 17.1. The molecule has 1 saturated heterocycles. The third kappa shape index (κ3) is 4.45. The predicted molar refractivity (Wildman–Crippen MR) is 121 cm³/mol. The van der Waals surface area contributed by atoms with Gasteiger partial charge in [0.05, 0.1) is 5.69 Å². The minimum absolute atomic E-state index is 0.201. The van der Waals surface area contributed by atoms with Gasteiger partial charge in [0.1, 0.15) is 36.1 Å². The van der Waals surface area contributed by atoms with Crippen molar-refractivity contribution in [3.05, 3.63) is 66.2 Å². The van der Waals surface area contributed by atoms with Crippen LogP contribution in [0.1, 0.15) is 18.5 Å². The van der Waals surface area contributed by atoms with Crippen LogP contribution in [-0.4, -0.2) is 54.2 Å². The smallest absolute Gasteiger partial charge is 0.224 e. The number of fused-ring (bicyclic) bond motifs is 1. The van der Waals surface area contributed by atoms with Gasteiger partial charge in [0.25, 0.3) is 0 Å². The Kier molecular flexibility index (Phi) is 5.77. The maximum atomic E-state index is 13.2. The zero-order chi connectivity index (χ0) is 21.9. The van der Waals surface area contributed by atoms with Gasteiger partial charge in [-0.25, -0.2) is 14.4 Å². The summed E-state index contributed by atoms with van der Waals surface area (Å²) in [5.74, 6) is 2.69. The molecule has 0 amide bonds. The largest absolute Gasteiger partial charge is 0.490 e. The maximum absolute atomic E-state index is 13.2. The lowest BCUT2D eigenvalue weighted by Crippen LogP contribution is -2.47. The molecule has 2 aliphatic rings. The van der Waals surface area contributed by atoms with E-state index in [-0.39, 0.29) is 11.9 Å². The Labute approximate surface area is 186 Å². The van der Waals surface area contributed by atoms with Gasteiger partial charge in [-0.2, -0.15) is 0 Å². The van der Waals surface area contributed by atoms with Crippen molar-refractivity contribution in [2.24, 2.45) is 0 Å². The van der Waals surface area contributed by atoms with E-state index in [0.29, 0.717) is 18.2 Å². The molecule has 0 bridgehead atoms. The Bertz CT molecular complexity index is 1070. The molecule has 2 aromatic carbocycles. The lowest BCUT2D eigenvalue weighted by Gasteiger charge is -2.38. The molecule has 1 N–H and O–H groups in total. The van der Waals surface area contributed by atoms with Crippen molar-refractivity contribution in [3.63, 3.8) is 0 Å². The fourth-order valence-electron chi connectivity index (χ4n) is 4.15. The summed E-state index contributed by atoms with van der Waals surface area (Å²) in [5.41, 5.74) is 2.05. The Balaban J connectivity index is 1.22. The lowest BCUT2D eigenvalue weighted by molar-refractivity contribution is 0.198. The molecule has 32 heavy (non-hydrogen) atoms. The van der Waals surface area contributed by atoms with Crippen LogP contribution in [0.5, 0.6) is 17.4 Å². The van der Waals surface area contributed by atoms with Crippen molar-refractivity contribution in [1.82, 2.24) is 14.9 Å². The molecule has 5 rings (SSSR count). The standard InChI is InChI=1S/C24H26FN5O2/c1-17(18-2-4-19(25)5-3-18)29-9-11-30(12-10-29)23-15-24(28-16-27-23)32-20-6-7-22-21(14-20)26-8-13-31-22/h2-7,14-17,26H,8-13H2,1H3/t17-/m0/s1. The van der Waals surface area contributed by atoms with Crippen LogP contribution in [-0.2, 0) is 0 Å². The van der Waals surface area contributed by atoms with E-state index in [1.54, 1.807) is 0 Å². The number of aromatic nitrogens is 2. The van der Waals surface area contributed by atoms with E-state index in [9.17, 15) is 4.39 Å². The van der Waals surface area contributed by atoms with E-state index in [0.717, 1.165) is 55.5 Å². The summed E-state index contributed by atoms with van der Waals surface area (Å²) < 4.78 is 24.8. The maximum Gasteiger partial charge on any atom is 0.224 e. The fraction of sp³-hybridized carbons (Fsp3) is 0.333. The topological polar surface area (TPSA) is 62.8 Å². The van der Waals surface area contributed by atoms with Crippen molar-refractivity contribution < 1.29 is 13.9 Å². The van der Waals surface area contributed by atoms with Crippen LogP contribution in [0.4, 0.5) is 15.9 Å². The second-order valence-electron chi connectivity index (χ2n) is 8.00. The molecule has 1 fully saturated rings. The average Bonchev–Trinajstić information content (AvgIpc) is 2.84. The van der Waals surface area contributed by atoms with Crippen LogP contribution in [0.2, 0.25) is 0 Å². The van der Waals surface area contributed by atoms with E-state index in [2.05, 4.69) is 32.0 Å². The van der Waals surface area contributed by atoms with Gasteiger partial charge in [0.15, 0.2) is 0 Å². The first kappa shape index (κ1) is 20.5. The minimum Gasteiger partial charge on any atom is -0.490 e. The quantitative estimate of drug-likeness (QED) is 0.648. The van der Waals surface area contributed by atoms with Crippen LogP contribution in [0.25, 0.3) is 0 Å². The van der Waals surface area contributed by atoms with Crippen molar-refractivity contribution in [2.45, 2.75) is 13.0 Å².